The molecule has 0 amide bonds. The van der Waals surface area contributed by atoms with Crippen LogP contribution in [-0.4, -0.2) is 24.7 Å². The van der Waals surface area contributed by atoms with Gasteiger partial charge in [0.2, 0.25) is 0 Å². The predicted octanol–water partition coefficient (Wildman–Crippen LogP) is 3.15. The highest BCUT2D eigenvalue weighted by Crippen LogP contribution is 2.30. The SMILES string of the molecule is CN(CC1CCC(C(=O)O)CC1)c1ccccc1F. The molecule has 0 spiro atoms. The van der Waals surface area contributed by atoms with Gasteiger partial charge < -0.3 is 10.0 Å². The first-order valence-corrected chi connectivity index (χ1v) is 6.76. The zero-order chi connectivity index (χ0) is 13.8. The quantitative estimate of drug-likeness (QED) is 0.909. The summed E-state index contributed by atoms with van der Waals surface area (Å²) in [7, 11) is 1.89. The molecule has 2 rings (SSSR count). The van der Waals surface area contributed by atoms with Crippen molar-refractivity contribution in [1.29, 1.82) is 0 Å². The molecule has 1 aromatic rings. The summed E-state index contributed by atoms with van der Waals surface area (Å²) < 4.78 is 13.6. The minimum absolute atomic E-state index is 0.185. The van der Waals surface area contributed by atoms with Gasteiger partial charge in [-0.05, 0) is 43.7 Å². The molecule has 0 aromatic heterocycles. The molecule has 3 nitrogen and oxygen atoms in total. The topological polar surface area (TPSA) is 40.5 Å². The van der Waals surface area contributed by atoms with Crippen molar-refractivity contribution in [3.8, 4) is 0 Å². The summed E-state index contributed by atoms with van der Waals surface area (Å²) in [5.74, 6) is -0.611. The van der Waals surface area contributed by atoms with Gasteiger partial charge in [-0.3, -0.25) is 4.79 Å². The Morgan fingerprint density at radius 1 is 1.32 bits per heavy atom. The Balaban J connectivity index is 1.89. The molecule has 4 heteroatoms. The van der Waals surface area contributed by atoms with Crippen LogP contribution in [0.25, 0.3) is 0 Å². The van der Waals surface area contributed by atoms with Crippen LogP contribution < -0.4 is 4.90 Å². The van der Waals surface area contributed by atoms with Gasteiger partial charge in [-0.25, -0.2) is 4.39 Å². The Kier molecular flexibility index (Phi) is 4.40. The smallest absolute Gasteiger partial charge is 0.306 e. The largest absolute Gasteiger partial charge is 0.481 e. The molecule has 0 unspecified atom stereocenters. The molecule has 104 valence electrons. The molecule has 0 bridgehead atoms. The summed E-state index contributed by atoms with van der Waals surface area (Å²) in [6.45, 7) is 0.785. The van der Waals surface area contributed by atoms with Crippen LogP contribution >= 0.6 is 0 Å². The summed E-state index contributed by atoms with van der Waals surface area (Å²) in [5.41, 5.74) is 0.614. The van der Waals surface area contributed by atoms with Crippen molar-refractivity contribution >= 4 is 11.7 Å². The Morgan fingerprint density at radius 3 is 2.53 bits per heavy atom. The summed E-state index contributed by atoms with van der Waals surface area (Å²) >= 11 is 0. The van der Waals surface area contributed by atoms with Crippen molar-refractivity contribution in [3.05, 3.63) is 30.1 Å². The van der Waals surface area contributed by atoms with Gasteiger partial charge >= 0.3 is 5.97 Å². The minimum Gasteiger partial charge on any atom is -0.481 e. The first-order chi connectivity index (χ1) is 9.08. The van der Waals surface area contributed by atoms with Crippen LogP contribution in [0.15, 0.2) is 24.3 Å². The number of rotatable bonds is 4. The lowest BCUT2D eigenvalue weighted by molar-refractivity contribution is -0.143. The van der Waals surface area contributed by atoms with E-state index in [4.69, 9.17) is 5.11 Å². The first-order valence-electron chi connectivity index (χ1n) is 6.76. The van der Waals surface area contributed by atoms with Crippen molar-refractivity contribution in [2.45, 2.75) is 25.7 Å². The average Bonchev–Trinajstić information content (AvgIpc) is 2.39. The van der Waals surface area contributed by atoms with Crippen LogP contribution in [0.3, 0.4) is 0 Å². The van der Waals surface area contributed by atoms with Gasteiger partial charge in [0.1, 0.15) is 5.82 Å². The fraction of sp³-hybridized carbons (Fsp3) is 0.533. The second kappa shape index (κ2) is 6.04. The van der Waals surface area contributed by atoms with E-state index in [-0.39, 0.29) is 11.7 Å². The maximum Gasteiger partial charge on any atom is 0.306 e. The van der Waals surface area contributed by atoms with Crippen LogP contribution in [0.5, 0.6) is 0 Å². The summed E-state index contributed by atoms with van der Waals surface area (Å²) in [6.07, 6.45) is 3.31. The molecule has 1 N–H and O–H groups in total. The Bertz CT molecular complexity index is 442. The lowest BCUT2D eigenvalue weighted by Crippen LogP contribution is -2.30. The highest BCUT2D eigenvalue weighted by atomic mass is 19.1. The number of benzene rings is 1. The maximum atomic E-state index is 13.6. The number of carbonyl (C=O) groups is 1. The average molecular weight is 265 g/mol. The molecule has 0 heterocycles. The van der Waals surface area contributed by atoms with Crippen LogP contribution in [0.4, 0.5) is 10.1 Å². The molecule has 0 saturated heterocycles. The Labute approximate surface area is 113 Å². The van der Waals surface area contributed by atoms with Gasteiger partial charge in [-0.1, -0.05) is 12.1 Å². The summed E-state index contributed by atoms with van der Waals surface area (Å²) in [4.78, 5) is 12.8. The Hall–Kier alpha value is -1.58. The van der Waals surface area contributed by atoms with Crippen LogP contribution in [0.2, 0.25) is 0 Å². The van der Waals surface area contributed by atoms with Crippen LogP contribution in [0, 0.1) is 17.7 Å². The number of aliphatic carboxylic acids is 1. The molecule has 0 aliphatic heterocycles. The third-order valence-corrected chi connectivity index (χ3v) is 3.99. The van der Waals surface area contributed by atoms with Crippen molar-refractivity contribution in [3.63, 3.8) is 0 Å². The maximum absolute atomic E-state index is 13.6. The van der Waals surface area contributed by atoms with Crippen LogP contribution in [0.1, 0.15) is 25.7 Å². The van der Waals surface area contributed by atoms with Gasteiger partial charge in [0, 0.05) is 13.6 Å². The summed E-state index contributed by atoms with van der Waals surface area (Å²) in [6, 6.07) is 6.76. The van der Waals surface area contributed by atoms with Gasteiger partial charge in [0.05, 0.1) is 11.6 Å². The van der Waals surface area contributed by atoms with E-state index in [1.165, 1.54) is 6.07 Å². The molecule has 1 aliphatic rings. The van der Waals surface area contributed by atoms with Crippen molar-refractivity contribution in [2.75, 3.05) is 18.5 Å². The van der Waals surface area contributed by atoms with Gasteiger partial charge in [0.15, 0.2) is 0 Å². The number of halogens is 1. The summed E-state index contributed by atoms with van der Waals surface area (Å²) in [5, 5.41) is 8.96. The predicted molar refractivity (Wildman–Crippen MR) is 72.8 cm³/mol. The van der Waals surface area contributed by atoms with Gasteiger partial charge in [0.25, 0.3) is 0 Å². The fourth-order valence-corrected chi connectivity index (χ4v) is 2.84. The number of carboxylic acids is 1. The van der Waals surface area contributed by atoms with E-state index in [9.17, 15) is 9.18 Å². The number of carboxylic acid groups (broad SMARTS) is 1. The van der Waals surface area contributed by atoms with E-state index in [1.807, 2.05) is 18.0 Å². The standard InChI is InChI=1S/C15H20FNO2/c1-17(14-5-3-2-4-13(14)16)10-11-6-8-12(9-7-11)15(18)19/h2-5,11-12H,6-10H2,1H3,(H,18,19). The third-order valence-electron chi connectivity index (χ3n) is 3.99. The molecule has 1 aromatic carbocycles. The zero-order valence-corrected chi connectivity index (χ0v) is 11.2. The number of hydrogen-bond acceptors (Lipinski definition) is 2. The van der Waals surface area contributed by atoms with E-state index in [0.717, 1.165) is 32.2 Å². The number of anilines is 1. The zero-order valence-electron chi connectivity index (χ0n) is 11.2. The third kappa shape index (κ3) is 3.46. The second-order valence-corrected chi connectivity index (χ2v) is 5.39. The number of para-hydroxylation sites is 1. The molecule has 1 aliphatic carbocycles. The van der Waals surface area contributed by atoms with E-state index in [0.29, 0.717) is 11.6 Å². The molecular formula is C15H20FNO2. The molecule has 19 heavy (non-hydrogen) atoms. The second-order valence-electron chi connectivity index (χ2n) is 5.39. The van der Waals surface area contributed by atoms with E-state index in [1.54, 1.807) is 12.1 Å². The normalized spacial score (nSPS) is 23.1. The van der Waals surface area contributed by atoms with Crippen molar-refractivity contribution < 1.29 is 14.3 Å². The molecular weight excluding hydrogens is 245 g/mol. The molecule has 1 fully saturated rings. The van der Waals surface area contributed by atoms with Gasteiger partial charge in [-0.2, -0.15) is 0 Å². The highest BCUT2D eigenvalue weighted by molar-refractivity contribution is 5.70. The first kappa shape index (κ1) is 13.8. The fourth-order valence-electron chi connectivity index (χ4n) is 2.84. The lowest BCUT2D eigenvalue weighted by atomic mass is 9.82. The van der Waals surface area contributed by atoms with Crippen molar-refractivity contribution in [2.24, 2.45) is 11.8 Å². The van der Waals surface area contributed by atoms with E-state index >= 15 is 0 Å². The highest BCUT2D eigenvalue weighted by Gasteiger charge is 2.26. The van der Waals surface area contributed by atoms with E-state index < -0.39 is 5.97 Å². The molecule has 1 saturated carbocycles. The van der Waals surface area contributed by atoms with E-state index in [2.05, 4.69) is 0 Å². The minimum atomic E-state index is -0.680. The molecule has 0 atom stereocenters. The number of hydrogen-bond donors (Lipinski definition) is 1. The van der Waals surface area contributed by atoms with Crippen molar-refractivity contribution in [1.82, 2.24) is 0 Å². The Morgan fingerprint density at radius 2 is 1.95 bits per heavy atom. The lowest BCUT2D eigenvalue weighted by Gasteiger charge is -2.30. The van der Waals surface area contributed by atoms with Crippen LogP contribution in [-0.2, 0) is 4.79 Å². The number of nitrogens with zero attached hydrogens (tertiary/aromatic N) is 1. The molecule has 0 radical (unpaired) electrons. The van der Waals surface area contributed by atoms with Gasteiger partial charge in [-0.15, -0.1) is 0 Å². The monoisotopic (exact) mass is 265 g/mol.